The summed E-state index contributed by atoms with van der Waals surface area (Å²) in [5.41, 5.74) is 9.82. The third-order valence-corrected chi connectivity index (χ3v) is 1.66. The van der Waals surface area contributed by atoms with Crippen LogP contribution in [0.15, 0.2) is 24.3 Å². The second-order valence-electron chi connectivity index (χ2n) is 2.84. The van der Waals surface area contributed by atoms with Gasteiger partial charge in [0.25, 0.3) is 0 Å². The van der Waals surface area contributed by atoms with E-state index >= 15 is 0 Å². The predicted octanol–water partition coefficient (Wildman–Crippen LogP) is 0.0474. The molecule has 0 aliphatic carbocycles. The molecule has 1 aromatic carbocycles. The van der Waals surface area contributed by atoms with E-state index in [4.69, 9.17) is 5.84 Å². The standard InChI is InChI=1S/C8H15N5/c1-13(2)8-5-3-7(4-6-8)10-12-11-9/h3-6,10-12H,9H2,1-2H3. The molecule has 0 amide bonds. The van der Waals surface area contributed by atoms with Crippen LogP contribution < -0.4 is 27.2 Å². The average molecular weight is 181 g/mol. The Labute approximate surface area is 77.8 Å². The highest BCUT2D eigenvalue weighted by atomic mass is 15.7. The van der Waals surface area contributed by atoms with E-state index < -0.39 is 0 Å². The van der Waals surface area contributed by atoms with Gasteiger partial charge in [-0.3, -0.25) is 5.84 Å². The number of hydrazine groups is 3. The molecule has 1 rings (SSSR count). The largest absolute Gasteiger partial charge is 0.378 e. The smallest absolute Gasteiger partial charge is 0.0503 e. The zero-order valence-corrected chi connectivity index (χ0v) is 7.83. The maximum atomic E-state index is 5.02. The monoisotopic (exact) mass is 181 g/mol. The summed E-state index contributed by atoms with van der Waals surface area (Å²) in [6.07, 6.45) is 0. The van der Waals surface area contributed by atoms with Gasteiger partial charge in [-0.1, -0.05) is 0 Å². The molecule has 5 heteroatoms. The Hall–Kier alpha value is -1.30. The van der Waals surface area contributed by atoms with Crippen molar-refractivity contribution >= 4 is 11.4 Å². The van der Waals surface area contributed by atoms with Crippen LogP contribution in [0.5, 0.6) is 0 Å². The number of rotatable bonds is 4. The Balaban J connectivity index is 2.59. The van der Waals surface area contributed by atoms with Crippen molar-refractivity contribution in [3.05, 3.63) is 24.3 Å². The maximum absolute atomic E-state index is 5.02. The summed E-state index contributed by atoms with van der Waals surface area (Å²) in [5.74, 6) is 5.02. The molecule has 0 spiro atoms. The van der Waals surface area contributed by atoms with Crippen LogP contribution in [0.1, 0.15) is 0 Å². The summed E-state index contributed by atoms with van der Waals surface area (Å²) in [7, 11) is 4.00. The van der Waals surface area contributed by atoms with Crippen molar-refractivity contribution in [2.45, 2.75) is 0 Å². The first kappa shape index (κ1) is 9.79. The van der Waals surface area contributed by atoms with Crippen molar-refractivity contribution in [2.75, 3.05) is 24.4 Å². The van der Waals surface area contributed by atoms with Crippen LogP contribution in [0.2, 0.25) is 0 Å². The van der Waals surface area contributed by atoms with Crippen LogP contribution in [-0.4, -0.2) is 14.1 Å². The van der Waals surface area contributed by atoms with E-state index in [-0.39, 0.29) is 0 Å². The first-order valence-electron chi connectivity index (χ1n) is 3.98. The Kier molecular flexibility index (Phi) is 3.51. The van der Waals surface area contributed by atoms with Gasteiger partial charge in [0.05, 0.1) is 5.69 Å². The molecule has 0 bridgehead atoms. The van der Waals surface area contributed by atoms with Gasteiger partial charge in [-0.2, -0.15) is 11.1 Å². The topological polar surface area (TPSA) is 65.3 Å². The van der Waals surface area contributed by atoms with E-state index in [0.717, 1.165) is 11.4 Å². The lowest BCUT2D eigenvalue weighted by Gasteiger charge is -2.13. The van der Waals surface area contributed by atoms with E-state index in [1.54, 1.807) is 0 Å². The molecule has 0 heterocycles. The summed E-state index contributed by atoms with van der Waals surface area (Å²) in [6, 6.07) is 7.94. The third-order valence-electron chi connectivity index (χ3n) is 1.66. The Morgan fingerprint density at radius 2 is 1.77 bits per heavy atom. The fourth-order valence-electron chi connectivity index (χ4n) is 0.951. The van der Waals surface area contributed by atoms with Crippen molar-refractivity contribution in [1.82, 2.24) is 11.1 Å². The molecule has 5 nitrogen and oxygen atoms in total. The minimum absolute atomic E-state index is 0.948. The molecule has 13 heavy (non-hydrogen) atoms. The zero-order valence-electron chi connectivity index (χ0n) is 7.83. The Bertz CT molecular complexity index is 243. The number of hydrogen-bond donors (Lipinski definition) is 4. The quantitative estimate of drug-likeness (QED) is 0.390. The number of nitrogens with one attached hydrogen (secondary N) is 3. The molecule has 0 aromatic heterocycles. The first-order valence-corrected chi connectivity index (χ1v) is 3.98. The highest BCUT2D eigenvalue weighted by Gasteiger charge is 1.94. The van der Waals surface area contributed by atoms with Crippen LogP contribution >= 0.6 is 0 Å². The summed E-state index contributed by atoms with van der Waals surface area (Å²) < 4.78 is 0. The molecule has 0 saturated heterocycles. The number of nitrogens with two attached hydrogens (primary N) is 1. The second-order valence-corrected chi connectivity index (χ2v) is 2.84. The molecule has 72 valence electrons. The summed E-state index contributed by atoms with van der Waals surface area (Å²) in [5, 5.41) is 0. The highest BCUT2D eigenvalue weighted by Crippen LogP contribution is 2.14. The van der Waals surface area contributed by atoms with Crippen LogP contribution in [0.25, 0.3) is 0 Å². The molecule has 0 aliphatic rings. The van der Waals surface area contributed by atoms with Gasteiger partial charge in [0, 0.05) is 19.8 Å². The minimum Gasteiger partial charge on any atom is -0.378 e. The van der Waals surface area contributed by atoms with E-state index in [1.807, 2.05) is 43.3 Å². The summed E-state index contributed by atoms with van der Waals surface area (Å²) in [4.78, 5) is 2.04. The summed E-state index contributed by atoms with van der Waals surface area (Å²) in [6.45, 7) is 0. The normalized spacial score (nSPS) is 9.77. The van der Waals surface area contributed by atoms with Gasteiger partial charge in [-0.25, -0.2) is 0 Å². The fourth-order valence-corrected chi connectivity index (χ4v) is 0.951. The second kappa shape index (κ2) is 4.66. The number of nitrogens with zero attached hydrogens (tertiary/aromatic N) is 1. The van der Waals surface area contributed by atoms with Crippen molar-refractivity contribution < 1.29 is 0 Å². The minimum atomic E-state index is 0.948. The maximum Gasteiger partial charge on any atom is 0.0503 e. The first-order chi connectivity index (χ1) is 6.24. The highest BCUT2D eigenvalue weighted by molar-refractivity contribution is 5.53. The average Bonchev–Trinajstić information content (AvgIpc) is 2.15. The molecule has 0 saturated carbocycles. The lowest BCUT2D eigenvalue weighted by Crippen LogP contribution is -2.41. The van der Waals surface area contributed by atoms with Crippen LogP contribution in [-0.2, 0) is 0 Å². The van der Waals surface area contributed by atoms with Crippen molar-refractivity contribution in [3.63, 3.8) is 0 Å². The molecule has 0 aliphatic heterocycles. The SMILES string of the molecule is CN(C)c1ccc(NNNN)cc1. The molecular formula is C8H15N5. The molecule has 1 aromatic rings. The molecule has 5 N–H and O–H groups in total. The molecule has 0 unspecified atom stereocenters. The van der Waals surface area contributed by atoms with Crippen molar-refractivity contribution in [2.24, 2.45) is 5.84 Å². The number of benzene rings is 1. The lowest BCUT2D eigenvalue weighted by atomic mass is 10.3. The van der Waals surface area contributed by atoms with E-state index in [9.17, 15) is 0 Å². The predicted molar refractivity (Wildman–Crippen MR) is 54.9 cm³/mol. The van der Waals surface area contributed by atoms with Gasteiger partial charge in [-0.05, 0) is 24.3 Å². The number of anilines is 2. The molecule has 0 radical (unpaired) electrons. The van der Waals surface area contributed by atoms with Crippen molar-refractivity contribution in [1.29, 1.82) is 0 Å². The van der Waals surface area contributed by atoms with E-state index in [0.29, 0.717) is 0 Å². The number of hydrogen-bond acceptors (Lipinski definition) is 5. The van der Waals surface area contributed by atoms with E-state index in [1.165, 1.54) is 0 Å². The Morgan fingerprint density at radius 1 is 1.15 bits per heavy atom. The van der Waals surface area contributed by atoms with Gasteiger partial charge in [-0.15, -0.1) is 0 Å². The van der Waals surface area contributed by atoms with Crippen LogP contribution in [0.4, 0.5) is 11.4 Å². The van der Waals surface area contributed by atoms with Gasteiger partial charge >= 0.3 is 0 Å². The van der Waals surface area contributed by atoms with Gasteiger partial charge < -0.3 is 10.3 Å². The fraction of sp³-hybridized carbons (Fsp3) is 0.250. The lowest BCUT2D eigenvalue weighted by molar-refractivity contribution is 0.621. The zero-order chi connectivity index (χ0) is 9.68. The Morgan fingerprint density at radius 3 is 2.23 bits per heavy atom. The summed E-state index contributed by atoms with van der Waals surface area (Å²) >= 11 is 0. The third kappa shape index (κ3) is 2.90. The molecule has 0 atom stereocenters. The molecule has 0 fully saturated rings. The van der Waals surface area contributed by atoms with Crippen LogP contribution in [0, 0.1) is 0 Å². The molecular weight excluding hydrogens is 166 g/mol. The van der Waals surface area contributed by atoms with Gasteiger partial charge in [0.15, 0.2) is 0 Å². The van der Waals surface area contributed by atoms with Gasteiger partial charge in [0.1, 0.15) is 0 Å². The van der Waals surface area contributed by atoms with Crippen LogP contribution in [0.3, 0.4) is 0 Å². The van der Waals surface area contributed by atoms with E-state index in [2.05, 4.69) is 16.5 Å². The van der Waals surface area contributed by atoms with Crippen molar-refractivity contribution in [3.8, 4) is 0 Å². The van der Waals surface area contributed by atoms with Gasteiger partial charge in [0.2, 0.25) is 0 Å².